The smallest absolute Gasteiger partial charge is 0.229 e. The van der Waals surface area contributed by atoms with Crippen molar-refractivity contribution in [3.63, 3.8) is 0 Å². The number of thiocarbonyl (C=S) groups is 1. The van der Waals surface area contributed by atoms with Crippen molar-refractivity contribution >= 4 is 23.1 Å². The molecule has 1 rings (SSSR count). The summed E-state index contributed by atoms with van der Waals surface area (Å²) in [4.78, 5) is 13.5. The second-order valence-electron chi connectivity index (χ2n) is 3.08. The van der Waals surface area contributed by atoms with E-state index in [1.807, 2.05) is 4.90 Å². The number of carbonyl (C=O) groups excluding carboxylic acids is 1. The molecule has 0 atom stereocenters. The van der Waals surface area contributed by atoms with Crippen LogP contribution in [0, 0.1) is 0 Å². The van der Waals surface area contributed by atoms with Crippen LogP contribution in [0.25, 0.3) is 0 Å². The molecule has 1 saturated heterocycles. The van der Waals surface area contributed by atoms with E-state index in [0.717, 1.165) is 25.9 Å². The molecule has 0 radical (unpaired) electrons. The van der Waals surface area contributed by atoms with Gasteiger partial charge in [0.15, 0.2) is 0 Å². The molecule has 0 aromatic rings. The van der Waals surface area contributed by atoms with Gasteiger partial charge in [0.25, 0.3) is 0 Å². The second kappa shape index (κ2) is 4.40. The van der Waals surface area contributed by atoms with Crippen molar-refractivity contribution in [3.05, 3.63) is 0 Å². The number of likely N-dealkylation sites (tertiary alicyclic amines) is 1. The first-order valence-corrected chi connectivity index (χ1v) is 4.67. The summed E-state index contributed by atoms with van der Waals surface area (Å²) in [7, 11) is 0. The van der Waals surface area contributed by atoms with Crippen LogP contribution in [-0.2, 0) is 4.79 Å². The number of piperidine rings is 1. The average molecular weight is 186 g/mol. The van der Waals surface area contributed by atoms with Crippen LogP contribution in [0.15, 0.2) is 0 Å². The van der Waals surface area contributed by atoms with Gasteiger partial charge in [-0.3, -0.25) is 4.79 Å². The van der Waals surface area contributed by atoms with Gasteiger partial charge in [0.05, 0.1) is 11.4 Å². The maximum atomic E-state index is 11.4. The lowest BCUT2D eigenvalue weighted by molar-refractivity contribution is -0.130. The monoisotopic (exact) mass is 186 g/mol. The summed E-state index contributed by atoms with van der Waals surface area (Å²) in [6.07, 6.45) is 3.69. The van der Waals surface area contributed by atoms with Crippen molar-refractivity contribution in [2.45, 2.75) is 25.7 Å². The van der Waals surface area contributed by atoms with Gasteiger partial charge in [0.2, 0.25) is 5.91 Å². The summed E-state index contributed by atoms with van der Waals surface area (Å²) in [5.41, 5.74) is 5.28. The van der Waals surface area contributed by atoms with Crippen LogP contribution in [0.3, 0.4) is 0 Å². The molecule has 2 N–H and O–H groups in total. The molecule has 1 aliphatic heterocycles. The fourth-order valence-electron chi connectivity index (χ4n) is 1.40. The van der Waals surface area contributed by atoms with E-state index in [0.29, 0.717) is 4.99 Å². The predicted molar refractivity (Wildman–Crippen MR) is 51.8 cm³/mol. The van der Waals surface area contributed by atoms with Crippen LogP contribution in [-0.4, -0.2) is 28.9 Å². The fraction of sp³-hybridized carbons (Fsp3) is 0.750. The van der Waals surface area contributed by atoms with Crippen molar-refractivity contribution in [2.24, 2.45) is 5.73 Å². The first-order chi connectivity index (χ1) is 5.70. The molecule has 0 aromatic heterocycles. The normalized spacial score (nSPS) is 17.5. The van der Waals surface area contributed by atoms with Gasteiger partial charge in [0.1, 0.15) is 0 Å². The molecule has 0 spiro atoms. The van der Waals surface area contributed by atoms with E-state index in [1.54, 1.807) is 0 Å². The first kappa shape index (κ1) is 9.45. The topological polar surface area (TPSA) is 46.3 Å². The van der Waals surface area contributed by atoms with E-state index in [4.69, 9.17) is 5.73 Å². The first-order valence-electron chi connectivity index (χ1n) is 4.26. The van der Waals surface area contributed by atoms with Crippen LogP contribution in [0.5, 0.6) is 0 Å². The molecule has 4 heteroatoms. The molecule has 1 aliphatic rings. The van der Waals surface area contributed by atoms with Gasteiger partial charge in [0, 0.05) is 13.1 Å². The zero-order valence-electron chi connectivity index (χ0n) is 7.08. The van der Waals surface area contributed by atoms with Crippen LogP contribution >= 0.6 is 12.2 Å². The summed E-state index contributed by atoms with van der Waals surface area (Å²) in [6, 6.07) is 0. The SMILES string of the molecule is NC(=S)CC(=O)N1CCCCC1. The van der Waals surface area contributed by atoms with Crippen molar-refractivity contribution in [3.8, 4) is 0 Å². The average Bonchev–Trinajstić information content (AvgIpc) is 2.05. The Morgan fingerprint density at radius 3 is 2.42 bits per heavy atom. The Hall–Kier alpha value is -0.640. The Kier molecular flexibility index (Phi) is 3.47. The number of nitrogens with zero attached hydrogens (tertiary/aromatic N) is 1. The highest BCUT2D eigenvalue weighted by molar-refractivity contribution is 7.80. The van der Waals surface area contributed by atoms with E-state index in [9.17, 15) is 4.79 Å². The molecule has 1 fully saturated rings. The molecule has 68 valence electrons. The Bertz CT molecular complexity index is 187. The minimum Gasteiger partial charge on any atom is -0.393 e. The number of nitrogens with two attached hydrogens (primary N) is 1. The fourth-order valence-corrected chi connectivity index (χ4v) is 1.53. The number of amides is 1. The minimum atomic E-state index is 0.0854. The molecule has 12 heavy (non-hydrogen) atoms. The third-order valence-corrected chi connectivity index (χ3v) is 2.18. The molecular formula is C8H14N2OS. The van der Waals surface area contributed by atoms with Gasteiger partial charge >= 0.3 is 0 Å². The Labute approximate surface area is 77.9 Å². The molecule has 1 amide bonds. The maximum absolute atomic E-state index is 11.4. The molecule has 0 aromatic carbocycles. The molecule has 0 aliphatic carbocycles. The van der Waals surface area contributed by atoms with Gasteiger partial charge in [-0.15, -0.1) is 0 Å². The maximum Gasteiger partial charge on any atom is 0.229 e. The van der Waals surface area contributed by atoms with E-state index in [-0.39, 0.29) is 12.3 Å². The van der Waals surface area contributed by atoms with Crippen LogP contribution in [0.1, 0.15) is 25.7 Å². The lowest BCUT2D eigenvalue weighted by atomic mass is 10.1. The van der Waals surface area contributed by atoms with E-state index >= 15 is 0 Å². The minimum absolute atomic E-state index is 0.0854. The predicted octanol–water partition coefficient (Wildman–Crippen LogP) is 0.675. The summed E-state index contributed by atoms with van der Waals surface area (Å²) < 4.78 is 0. The van der Waals surface area contributed by atoms with Gasteiger partial charge < -0.3 is 10.6 Å². The lowest BCUT2D eigenvalue weighted by Gasteiger charge is -2.26. The molecule has 0 unspecified atom stereocenters. The zero-order valence-corrected chi connectivity index (χ0v) is 7.90. The van der Waals surface area contributed by atoms with E-state index < -0.39 is 0 Å². The Morgan fingerprint density at radius 2 is 1.92 bits per heavy atom. The lowest BCUT2D eigenvalue weighted by Crippen LogP contribution is -2.37. The molecule has 1 heterocycles. The van der Waals surface area contributed by atoms with Crippen molar-refractivity contribution in [1.82, 2.24) is 4.90 Å². The van der Waals surface area contributed by atoms with E-state index in [1.165, 1.54) is 6.42 Å². The summed E-state index contributed by atoms with van der Waals surface area (Å²) in [6.45, 7) is 1.75. The number of hydrogen-bond acceptors (Lipinski definition) is 2. The highest BCUT2D eigenvalue weighted by atomic mass is 32.1. The van der Waals surface area contributed by atoms with Crippen LogP contribution in [0.4, 0.5) is 0 Å². The van der Waals surface area contributed by atoms with E-state index in [2.05, 4.69) is 12.2 Å². The Morgan fingerprint density at radius 1 is 1.33 bits per heavy atom. The molecule has 3 nitrogen and oxygen atoms in total. The number of hydrogen-bond donors (Lipinski definition) is 1. The Balaban J connectivity index is 2.34. The van der Waals surface area contributed by atoms with Crippen molar-refractivity contribution in [1.29, 1.82) is 0 Å². The standard InChI is InChI=1S/C8H14N2OS/c9-7(12)6-8(11)10-4-2-1-3-5-10/h1-6H2,(H2,9,12). The van der Waals surface area contributed by atoms with Crippen molar-refractivity contribution in [2.75, 3.05) is 13.1 Å². The summed E-state index contributed by atoms with van der Waals surface area (Å²) >= 11 is 4.67. The summed E-state index contributed by atoms with van der Waals surface area (Å²) in [5.74, 6) is 0.0854. The third-order valence-electron chi connectivity index (χ3n) is 2.03. The van der Waals surface area contributed by atoms with Crippen LogP contribution in [0.2, 0.25) is 0 Å². The van der Waals surface area contributed by atoms with Gasteiger partial charge in [-0.05, 0) is 19.3 Å². The largest absolute Gasteiger partial charge is 0.393 e. The van der Waals surface area contributed by atoms with Crippen LogP contribution < -0.4 is 5.73 Å². The molecule has 0 saturated carbocycles. The third kappa shape index (κ3) is 2.77. The molecular weight excluding hydrogens is 172 g/mol. The highest BCUT2D eigenvalue weighted by Gasteiger charge is 2.16. The second-order valence-corrected chi connectivity index (χ2v) is 3.61. The quantitative estimate of drug-likeness (QED) is 0.645. The number of carbonyl (C=O) groups is 1. The van der Waals surface area contributed by atoms with Gasteiger partial charge in [-0.25, -0.2) is 0 Å². The highest BCUT2D eigenvalue weighted by Crippen LogP contribution is 2.09. The zero-order chi connectivity index (χ0) is 8.97. The van der Waals surface area contributed by atoms with Gasteiger partial charge in [-0.1, -0.05) is 12.2 Å². The molecule has 0 bridgehead atoms. The van der Waals surface area contributed by atoms with Crippen molar-refractivity contribution < 1.29 is 4.79 Å². The number of rotatable bonds is 2. The summed E-state index contributed by atoms with van der Waals surface area (Å²) in [5, 5.41) is 0. The van der Waals surface area contributed by atoms with Gasteiger partial charge in [-0.2, -0.15) is 0 Å².